The first-order valence-corrected chi connectivity index (χ1v) is 6.33. The molecular formula is C13H18N2O3. The van der Waals surface area contributed by atoms with Gasteiger partial charge in [0.1, 0.15) is 0 Å². The molecule has 0 unspecified atom stereocenters. The molecule has 1 aliphatic rings. The van der Waals surface area contributed by atoms with Crippen molar-refractivity contribution in [3.63, 3.8) is 0 Å². The van der Waals surface area contributed by atoms with Crippen LogP contribution < -0.4 is 5.32 Å². The van der Waals surface area contributed by atoms with Crippen molar-refractivity contribution in [2.75, 3.05) is 13.1 Å². The smallest absolute Gasteiger partial charge is 0.289 e. The molecule has 1 aliphatic heterocycles. The van der Waals surface area contributed by atoms with Gasteiger partial charge in [-0.05, 0) is 25.0 Å². The van der Waals surface area contributed by atoms with E-state index >= 15 is 0 Å². The number of furan rings is 1. The molecule has 1 fully saturated rings. The predicted molar refractivity (Wildman–Crippen MR) is 66.1 cm³/mol. The van der Waals surface area contributed by atoms with E-state index in [-0.39, 0.29) is 17.9 Å². The highest BCUT2D eigenvalue weighted by atomic mass is 16.3. The summed E-state index contributed by atoms with van der Waals surface area (Å²) in [6, 6.07) is 3.58. The Hall–Kier alpha value is -1.78. The number of amides is 2. The minimum atomic E-state index is -0.0692. The van der Waals surface area contributed by atoms with Crippen LogP contribution in [-0.4, -0.2) is 35.8 Å². The molecule has 0 spiro atoms. The number of nitrogens with zero attached hydrogens (tertiary/aromatic N) is 1. The SMILES string of the molecule is CCC(=O)NC1CCN(C(=O)c2ccco2)CC1. The average Bonchev–Trinajstić information content (AvgIpc) is 2.92. The Balaban J connectivity index is 1.83. The van der Waals surface area contributed by atoms with E-state index in [0.29, 0.717) is 25.3 Å². The normalized spacial score (nSPS) is 16.6. The second kappa shape index (κ2) is 5.71. The van der Waals surface area contributed by atoms with Crippen molar-refractivity contribution in [2.45, 2.75) is 32.2 Å². The van der Waals surface area contributed by atoms with Crippen molar-refractivity contribution in [3.8, 4) is 0 Å². The number of hydrogen-bond acceptors (Lipinski definition) is 3. The van der Waals surface area contributed by atoms with E-state index in [0.717, 1.165) is 12.8 Å². The van der Waals surface area contributed by atoms with Crippen molar-refractivity contribution >= 4 is 11.8 Å². The van der Waals surface area contributed by atoms with E-state index < -0.39 is 0 Å². The Labute approximate surface area is 106 Å². The molecule has 0 radical (unpaired) electrons. The summed E-state index contributed by atoms with van der Waals surface area (Å²) in [6.45, 7) is 3.16. The van der Waals surface area contributed by atoms with Gasteiger partial charge < -0.3 is 14.6 Å². The van der Waals surface area contributed by atoms with Gasteiger partial charge in [-0.25, -0.2) is 0 Å². The van der Waals surface area contributed by atoms with Crippen LogP contribution in [0.1, 0.15) is 36.7 Å². The number of hydrogen-bond donors (Lipinski definition) is 1. The molecule has 1 aromatic rings. The lowest BCUT2D eigenvalue weighted by Crippen LogP contribution is -2.46. The van der Waals surface area contributed by atoms with Crippen LogP contribution in [0, 0.1) is 0 Å². The van der Waals surface area contributed by atoms with Gasteiger partial charge in [-0.3, -0.25) is 9.59 Å². The van der Waals surface area contributed by atoms with E-state index in [1.54, 1.807) is 17.0 Å². The first kappa shape index (κ1) is 12.7. The second-order valence-electron chi connectivity index (χ2n) is 4.46. The topological polar surface area (TPSA) is 62.6 Å². The summed E-state index contributed by atoms with van der Waals surface area (Å²) in [4.78, 5) is 25.0. The van der Waals surface area contributed by atoms with Gasteiger partial charge >= 0.3 is 0 Å². The number of carbonyl (C=O) groups is 2. The van der Waals surface area contributed by atoms with Gasteiger partial charge in [0.25, 0.3) is 5.91 Å². The lowest BCUT2D eigenvalue weighted by Gasteiger charge is -2.31. The van der Waals surface area contributed by atoms with E-state index in [2.05, 4.69) is 5.32 Å². The first-order valence-electron chi connectivity index (χ1n) is 6.33. The van der Waals surface area contributed by atoms with Crippen LogP contribution in [0.2, 0.25) is 0 Å². The highest BCUT2D eigenvalue weighted by molar-refractivity contribution is 5.91. The third kappa shape index (κ3) is 2.91. The molecule has 5 nitrogen and oxygen atoms in total. The van der Waals surface area contributed by atoms with Crippen LogP contribution in [0.5, 0.6) is 0 Å². The maximum absolute atomic E-state index is 12.0. The highest BCUT2D eigenvalue weighted by Crippen LogP contribution is 2.14. The lowest BCUT2D eigenvalue weighted by atomic mass is 10.0. The maximum atomic E-state index is 12.0. The van der Waals surface area contributed by atoms with Crippen molar-refractivity contribution in [1.29, 1.82) is 0 Å². The summed E-state index contributed by atoms with van der Waals surface area (Å²) in [6.07, 6.45) is 3.61. The Morgan fingerprint density at radius 3 is 2.72 bits per heavy atom. The van der Waals surface area contributed by atoms with Gasteiger partial charge in [-0.1, -0.05) is 6.92 Å². The zero-order chi connectivity index (χ0) is 13.0. The Morgan fingerprint density at radius 1 is 1.44 bits per heavy atom. The summed E-state index contributed by atoms with van der Waals surface area (Å²) in [7, 11) is 0. The molecule has 2 heterocycles. The van der Waals surface area contributed by atoms with Gasteiger partial charge in [0.05, 0.1) is 6.26 Å². The average molecular weight is 250 g/mol. The molecule has 5 heteroatoms. The van der Waals surface area contributed by atoms with Gasteiger partial charge in [-0.15, -0.1) is 0 Å². The minimum Gasteiger partial charge on any atom is -0.459 e. The van der Waals surface area contributed by atoms with Gasteiger partial charge in [0.2, 0.25) is 5.91 Å². The largest absolute Gasteiger partial charge is 0.459 e. The monoisotopic (exact) mass is 250 g/mol. The Morgan fingerprint density at radius 2 is 2.17 bits per heavy atom. The van der Waals surface area contributed by atoms with Crippen molar-refractivity contribution < 1.29 is 14.0 Å². The first-order chi connectivity index (χ1) is 8.70. The quantitative estimate of drug-likeness (QED) is 0.882. The number of carbonyl (C=O) groups excluding carboxylic acids is 2. The number of nitrogens with one attached hydrogen (secondary N) is 1. The van der Waals surface area contributed by atoms with Crippen LogP contribution in [0.25, 0.3) is 0 Å². The molecule has 1 aromatic heterocycles. The van der Waals surface area contributed by atoms with Crippen LogP contribution in [-0.2, 0) is 4.79 Å². The van der Waals surface area contributed by atoms with E-state index in [4.69, 9.17) is 4.42 Å². The summed E-state index contributed by atoms with van der Waals surface area (Å²) >= 11 is 0. The van der Waals surface area contributed by atoms with Gasteiger partial charge in [-0.2, -0.15) is 0 Å². The van der Waals surface area contributed by atoms with E-state index in [1.165, 1.54) is 6.26 Å². The van der Waals surface area contributed by atoms with Crippen LogP contribution in [0.3, 0.4) is 0 Å². The van der Waals surface area contributed by atoms with Crippen molar-refractivity contribution in [2.24, 2.45) is 0 Å². The molecule has 1 N–H and O–H groups in total. The molecule has 0 saturated carbocycles. The van der Waals surface area contributed by atoms with Gasteiger partial charge in [0.15, 0.2) is 5.76 Å². The Kier molecular flexibility index (Phi) is 4.02. The molecule has 1 saturated heterocycles. The maximum Gasteiger partial charge on any atom is 0.289 e. The number of piperidine rings is 1. The molecule has 2 rings (SSSR count). The molecule has 0 aromatic carbocycles. The Bertz CT molecular complexity index is 406. The predicted octanol–water partition coefficient (Wildman–Crippen LogP) is 1.41. The number of likely N-dealkylation sites (tertiary alicyclic amines) is 1. The molecule has 0 aliphatic carbocycles. The summed E-state index contributed by atoms with van der Waals surface area (Å²) in [5, 5.41) is 2.96. The standard InChI is InChI=1S/C13H18N2O3/c1-2-12(16)14-10-5-7-15(8-6-10)13(17)11-4-3-9-18-11/h3-4,9-10H,2,5-8H2,1H3,(H,14,16). The third-order valence-corrected chi connectivity index (χ3v) is 3.20. The molecule has 18 heavy (non-hydrogen) atoms. The zero-order valence-electron chi connectivity index (χ0n) is 10.5. The fourth-order valence-electron chi connectivity index (χ4n) is 2.11. The number of rotatable bonds is 3. The van der Waals surface area contributed by atoms with E-state index in [1.807, 2.05) is 6.92 Å². The molecule has 98 valence electrons. The van der Waals surface area contributed by atoms with Crippen LogP contribution in [0.15, 0.2) is 22.8 Å². The summed E-state index contributed by atoms with van der Waals surface area (Å²) in [5.41, 5.74) is 0. The molecule has 0 atom stereocenters. The van der Waals surface area contributed by atoms with Crippen LogP contribution in [0.4, 0.5) is 0 Å². The molecule has 0 bridgehead atoms. The van der Waals surface area contributed by atoms with E-state index in [9.17, 15) is 9.59 Å². The summed E-state index contributed by atoms with van der Waals surface area (Å²) < 4.78 is 5.10. The lowest BCUT2D eigenvalue weighted by molar-refractivity contribution is -0.121. The van der Waals surface area contributed by atoms with Crippen LogP contribution >= 0.6 is 0 Å². The zero-order valence-corrected chi connectivity index (χ0v) is 10.5. The second-order valence-corrected chi connectivity index (χ2v) is 4.46. The molecule has 2 amide bonds. The van der Waals surface area contributed by atoms with Gasteiger partial charge in [0, 0.05) is 25.6 Å². The van der Waals surface area contributed by atoms with Crippen molar-refractivity contribution in [3.05, 3.63) is 24.2 Å². The van der Waals surface area contributed by atoms with Crippen molar-refractivity contribution in [1.82, 2.24) is 10.2 Å². The molecular weight excluding hydrogens is 232 g/mol. The minimum absolute atomic E-state index is 0.0692. The fraction of sp³-hybridized carbons (Fsp3) is 0.538. The fourth-order valence-corrected chi connectivity index (χ4v) is 2.11. The third-order valence-electron chi connectivity index (χ3n) is 3.20. The summed E-state index contributed by atoms with van der Waals surface area (Å²) in [5.74, 6) is 0.386. The highest BCUT2D eigenvalue weighted by Gasteiger charge is 2.25.